The molecule has 0 atom stereocenters. The van der Waals surface area contributed by atoms with E-state index in [1.54, 1.807) is 0 Å². The first-order chi connectivity index (χ1) is 8.31. The maximum absolute atomic E-state index is 10.9. The Morgan fingerprint density at radius 2 is 1.24 bits per heavy atom. The zero-order valence-corrected chi connectivity index (χ0v) is 14.7. The summed E-state index contributed by atoms with van der Waals surface area (Å²) in [5.74, 6) is -0.0108. The van der Waals surface area contributed by atoms with E-state index in [-0.39, 0.29) is 5.97 Å². The van der Waals surface area contributed by atoms with Crippen molar-refractivity contribution >= 4 is 29.4 Å². The fraction of sp³-hybridized carbons (Fsp3) is 0.929. The Hall–Kier alpha value is 0.288. The molecule has 102 valence electrons. The zero-order valence-electron chi connectivity index (χ0n) is 11.4. The van der Waals surface area contributed by atoms with Crippen LogP contribution < -0.4 is 0 Å². The second kappa shape index (κ2) is 14.3. The summed E-state index contributed by atoms with van der Waals surface area (Å²) in [4.78, 5) is 10.9. The predicted octanol–water partition coefficient (Wildman–Crippen LogP) is 3.78. The fourth-order valence-corrected chi connectivity index (χ4v) is 2.33. The summed E-state index contributed by atoms with van der Waals surface area (Å²) in [6, 6.07) is 0. The van der Waals surface area contributed by atoms with E-state index in [0.29, 0.717) is 29.9 Å². The second-order valence-electron chi connectivity index (χ2n) is 4.78. The van der Waals surface area contributed by atoms with Gasteiger partial charge in [0.05, 0.1) is 0 Å². The van der Waals surface area contributed by atoms with Gasteiger partial charge in [-0.25, -0.2) is 0 Å². The van der Waals surface area contributed by atoms with Crippen LogP contribution in [0.3, 0.4) is 0 Å². The summed E-state index contributed by atoms with van der Waals surface area (Å²) in [5.41, 5.74) is 0. The first-order valence-corrected chi connectivity index (χ1v) is 8.55. The molecule has 0 heterocycles. The molecule has 0 amide bonds. The average Bonchev–Trinajstić information content (AvgIpc) is 2.35. The molecule has 0 bridgehead atoms. The molecule has 0 aromatic carbocycles. The molecule has 0 saturated heterocycles. The van der Waals surface area contributed by atoms with E-state index in [9.17, 15) is 4.79 Å². The third-order valence-corrected chi connectivity index (χ3v) is 3.87. The Morgan fingerprint density at radius 1 is 0.824 bits per heavy atom. The molecule has 0 unspecified atom stereocenters. The van der Waals surface area contributed by atoms with Crippen LogP contribution in [0, 0.1) is 0 Å². The molecule has 0 aliphatic carbocycles. The Kier molecular flexibility index (Phi) is 14.6. The molecule has 0 aromatic heterocycles. The summed E-state index contributed by atoms with van der Waals surface area (Å²) in [6.07, 6.45) is 15.2. The van der Waals surface area contributed by atoms with Gasteiger partial charge in [0.1, 0.15) is 0 Å². The molecule has 0 fully saturated rings. The monoisotopic (exact) mass is 350 g/mol. The van der Waals surface area contributed by atoms with E-state index in [4.69, 9.17) is 3.02 Å². The van der Waals surface area contributed by atoms with Crippen molar-refractivity contribution in [2.75, 3.05) is 0 Å². The summed E-state index contributed by atoms with van der Waals surface area (Å²) >= 11 is 0.603. The molecule has 0 aliphatic rings. The normalized spacial score (nSPS) is 10.5. The average molecular weight is 351 g/mol. The number of carbonyl (C=O) groups excluding carboxylic acids is 1. The number of carbonyl (C=O) groups is 1. The fourth-order valence-electron chi connectivity index (χ4n) is 1.99. The van der Waals surface area contributed by atoms with Crippen LogP contribution in [0.15, 0.2) is 0 Å². The van der Waals surface area contributed by atoms with Crippen molar-refractivity contribution in [3.05, 3.63) is 0 Å². The van der Waals surface area contributed by atoms with Crippen molar-refractivity contribution in [1.82, 2.24) is 0 Å². The SMILES string of the molecule is CCCCCCCCCCCCCC(=O)[O][SbH2]. The van der Waals surface area contributed by atoms with Crippen molar-refractivity contribution in [2.45, 2.75) is 84.0 Å². The Labute approximate surface area is 121 Å². The maximum atomic E-state index is 10.9. The van der Waals surface area contributed by atoms with E-state index in [1.807, 2.05) is 0 Å². The van der Waals surface area contributed by atoms with Gasteiger partial charge in [-0.2, -0.15) is 0 Å². The number of hydrogen-bond acceptors (Lipinski definition) is 2. The van der Waals surface area contributed by atoms with Gasteiger partial charge in [0, 0.05) is 0 Å². The first-order valence-electron chi connectivity index (χ1n) is 7.20. The first kappa shape index (κ1) is 17.3. The van der Waals surface area contributed by atoms with Crippen molar-refractivity contribution in [2.24, 2.45) is 0 Å². The number of rotatable bonds is 12. The summed E-state index contributed by atoms with van der Waals surface area (Å²) in [6.45, 7) is 2.26. The van der Waals surface area contributed by atoms with Gasteiger partial charge in [-0.15, -0.1) is 0 Å². The Morgan fingerprint density at radius 3 is 1.65 bits per heavy atom. The molecule has 17 heavy (non-hydrogen) atoms. The molecule has 3 heteroatoms. The van der Waals surface area contributed by atoms with Crippen molar-refractivity contribution in [3.63, 3.8) is 0 Å². The molecule has 0 N–H and O–H groups in total. The van der Waals surface area contributed by atoms with Gasteiger partial charge in [0.2, 0.25) is 0 Å². The Bertz CT molecular complexity index is 172. The molecule has 0 aliphatic heterocycles. The van der Waals surface area contributed by atoms with Crippen LogP contribution in [0.5, 0.6) is 0 Å². The summed E-state index contributed by atoms with van der Waals surface area (Å²) < 4.78 is 4.73. The topological polar surface area (TPSA) is 26.3 Å². The van der Waals surface area contributed by atoms with E-state index >= 15 is 0 Å². The van der Waals surface area contributed by atoms with Crippen LogP contribution in [-0.4, -0.2) is 29.4 Å². The summed E-state index contributed by atoms with van der Waals surface area (Å²) in [7, 11) is 0. The van der Waals surface area contributed by atoms with E-state index in [1.165, 1.54) is 64.2 Å². The molecule has 0 rings (SSSR count). The molecular formula is C14H29O2Sb. The number of unbranched alkanes of at least 4 members (excludes halogenated alkanes) is 10. The van der Waals surface area contributed by atoms with Crippen LogP contribution in [0.25, 0.3) is 0 Å². The third kappa shape index (κ3) is 14.2. The molecule has 0 radical (unpaired) electrons. The van der Waals surface area contributed by atoms with Crippen LogP contribution >= 0.6 is 0 Å². The van der Waals surface area contributed by atoms with Crippen LogP contribution in [-0.2, 0) is 7.81 Å². The van der Waals surface area contributed by atoms with Crippen LogP contribution in [0.4, 0.5) is 0 Å². The Balaban J connectivity index is 2.96. The van der Waals surface area contributed by atoms with Crippen molar-refractivity contribution < 1.29 is 7.81 Å². The van der Waals surface area contributed by atoms with Crippen LogP contribution in [0.1, 0.15) is 84.0 Å². The van der Waals surface area contributed by atoms with E-state index < -0.39 is 0 Å². The molecule has 0 aromatic rings. The third-order valence-electron chi connectivity index (χ3n) is 3.12. The minimum atomic E-state index is -0.0108. The summed E-state index contributed by atoms with van der Waals surface area (Å²) in [5, 5.41) is 0. The van der Waals surface area contributed by atoms with Gasteiger partial charge in [0.25, 0.3) is 0 Å². The van der Waals surface area contributed by atoms with E-state index in [2.05, 4.69) is 6.92 Å². The van der Waals surface area contributed by atoms with Gasteiger partial charge in [-0.1, -0.05) is 19.8 Å². The molecule has 0 saturated carbocycles. The number of hydrogen-bond donors (Lipinski definition) is 0. The van der Waals surface area contributed by atoms with Gasteiger partial charge >= 0.3 is 101 Å². The van der Waals surface area contributed by atoms with Crippen molar-refractivity contribution in [1.29, 1.82) is 0 Å². The predicted molar refractivity (Wildman–Crippen MR) is 75.7 cm³/mol. The second-order valence-corrected chi connectivity index (χ2v) is 5.45. The van der Waals surface area contributed by atoms with Gasteiger partial charge in [-0.05, 0) is 0 Å². The quantitative estimate of drug-likeness (QED) is 0.395. The van der Waals surface area contributed by atoms with Gasteiger partial charge in [0.15, 0.2) is 0 Å². The van der Waals surface area contributed by atoms with Crippen LogP contribution in [0.2, 0.25) is 0 Å². The van der Waals surface area contributed by atoms with Gasteiger partial charge < -0.3 is 0 Å². The van der Waals surface area contributed by atoms with Crippen molar-refractivity contribution in [3.8, 4) is 0 Å². The zero-order chi connectivity index (χ0) is 12.8. The standard InChI is InChI=1S/C14H28O2.Sb.2H/c1-2-3-4-5-6-7-8-9-10-11-12-13-14(15)16;;;/h2-13H2,1H3,(H,15,16);;;/q;+1;;/p-1. The van der Waals surface area contributed by atoms with Gasteiger partial charge in [-0.3, -0.25) is 0 Å². The molecule has 2 nitrogen and oxygen atoms in total. The minimum absolute atomic E-state index is 0.0108. The van der Waals surface area contributed by atoms with E-state index in [0.717, 1.165) is 6.42 Å². The molecular weight excluding hydrogens is 322 g/mol. The molecule has 0 spiro atoms.